The number of nitrogens with zero attached hydrogens (tertiary/aromatic N) is 6. The van der Waals surface area contributed by atoms with Crippen molar-refractivity contribution in [1.29, 1.82) is 0 Å². The number of tetrazole rings is 1. The lowest BCUT2D eigenvalue weighted by molar-refractivity contribution is 0.277. The predicted molar refractivity (Wildman–Crippen MR) is 67.3 cm³/mol. The van der Waals surface area contributed by atoms with Gasteiger partial charge in [0.1, 0.15) is 5.82 Å². The van der Waals surface area contributed by atoms with E-state index in [9.17, 15) is 0 Å². The van der Waals surface area contributed by atoms with E-state index in [1.54, 1.807) is 0 Å². The molecule has 2 aromatic heterocycles. The van der Waals surface area contributed by atoms with Crippen LogP contribution in [0.15, 0.2) is 12.1 Å². The Morgan fingerprint density at radius 1 is 1.44 bits per heavy atom. The minimum atomic E-state index is 0.612. The van der Waals surface area contributed by atoms with Gasteiger partial charge >= 0.3 is 0 Å². The molecule has 1 fully saturated rings. The number of likely N-dealkylation sites (tertiary alicyclic amines) is 1. The zero-order valence-electron chi connectivity index (χ0n) is 10.5. The van der Waals surface area contributed by atoms with E-state index in [0.717, 1.165) is 18.9 Å². The van der Waals surface area contributed by atoms with Crippen molar-refractivity contribution in [3.8, 4) is 0 Å². The molecule has 7 nitrogen and oxygen atoms in total. The second kappa shape index (κ2) is 4.85. The molecule has 96 valence electrons. The van der Waals surface area contributed by atoms with Gasteiger partial charge < -0.3 is 5.32 Å². The number of rotatable bonds is 4. The van der Waals surface area contributed by atoms with Crippen LogP contribution in [-0.4, -0.2) is 55.8 Å². The van der Waals surface area contributed by atoms with Crippen LogP contribution in [-0.2, 0) is 0 Å². The summed E-state index contributed by atoms with van der Waals surface area (Å²) in [5, 5.41) is 18.8. The largest absolute Gasteiger partial charge is 0.367 e. The van der Waals surface area contributed by atoms with Crippen LogP contribution >= 0.6 is 0 Å². The van der Waals surface area contributed by atoms with Crippen molar-refractivity contribution in [1.82, 2.24) is 30.2 Å². The molecule has 2 aromatic rings. The average Bonchev–Trinajstić information content (AvgIpc) is 3.04. The van der Waals surface area contributed by atoms with Crippen LogP contribution < -0.4 is 5.32 Å². The smallest absolute Gasteiger partial charge is 0.200 e. The molecule has 1 aliphatic rings. The van der Waals surface area contributed by atoms with E-state index in [1.165, 1.54) is 24.0 Å². The maximum atomic E-state index is 4.30. The van der Waals surface area contributed by atoms with Gasteiger partial charge in [-0.2, -0.15) is 0 Å². The minimum Gasteiger partial charge on any atom is -0.367 e. The molecule has 0 spiro atoms. The van der Waals surface area contributed by atoms with E-state index in [2.05, 4.69) is 37.8 Å². The first kappa shape index (κ1) is 11.3. The highest BCUT2D eigenvalue weighted by Gasteiger charge is 2.22. The Balaban J connectivity index is 1.65. The summed E-state index contributed by atoms with van der Waals surface area (Å²) < 4.78 is 1.44. The summed E-state index contributed by atoms with van der Waals surface area (Å²) in [6.07, 6.45) is 2.55. The number of hydrogen-bond donors (Lipinski definition) is 1. The third-order valence-corrected chi connectivity index (χ3v) is 3.49. The van der Waals surface area contributed by atoms with Gasteiger partial charge in [-0.3, -0.25) is 4.90 Å². The summed E-state index contributed by atoms with van der Waals surface area (Å²) >= 11 is 0. The maximum absolute atomic E-state index is 4.30. The summed E-state index contributed by atoms with van der Waals surface area (Å²) in [6, 6.07) is 4.39. The average molecular weight is 247 g/mol. The van der Waals surface area contributed by atoms with Crippen LogP contribution in [0.25, 0.3) is 5.65 Å². The zero-order valence-corrected chi connectivity index (χ0v) is 10.5. The molecule has 0 amide bonds. The highest BCUT2D eigenvalue weighted by molar-refractivity contribution is 5.42. The Kier molecular flexibility index (Phi) is 3.06. The maximum Gasteiger partial charge on any atom is 0.200 e. The minimum absolute atomic E-state index is 0.612. The van der Waals surface area contributed by atoms with Crippen LogP contribution in [0.4, 0.5) is 5.82 Å². The van der Waals surface area contributed by atoms with Gasteiger partial charge in [-0.15, -0.1) is 14.8 Å². The monoisotopic (exact) mass is 247 g/mol. The van der Waals surface area contributed by atoms with Gasteiger partial charge in [-0.05, 0) is 48.5 Å². The van der Waals surface area contributed by atoms with Crippen LogP contribution in [0.3, 0.4) is 0 Å². The summed E-state index contributed by atoms with van der Waals surface area (Å²) in [6.45, 7) is 5.46. The number of fused-ring (bicyclic) bond motifs is 1. The molecular formula is C11H17N7. The van der Waals surface area contributed by atoms with Crippen molar-refractivity contribution in [2.24, 2.45) is 0 Å². The first-order valence-electron chi connectivity index (χ1n) is 6.40. The molecule has 18 heavy (non-hydrogen) atoms. The second-order valence-corrected chi connectivity index (χ2v) is 4.55. The Labute approximate surface area is 105 Å². The zero-order chi connectivity index (χ0) is 12.4. The van der Waals surface area contributed by atoms with E-state index in [0.29, 0.717) is 11.7 Å². The van der Waals surface area contributed by atoms with Crippen molar-refractivity contribution in [2.75, 3.05) is 25.0 Å². The SMILES string of the molecule is CCN1CCC[C@H]1CNc1ccc2nnnn2n1. The molecule has 0 saturated carbocycles. The van der Waals surface area contributed by atoms with E-state index in [1.807, 2.05) is 12.1 Å². The Morgan fingerprint density at radius 2 is 2.39 bits per heavy atom. The molecule has 3 heterocycles. The van der Waals surface area contributed by atoms with Crippen molar-refractivity contribution in [3.63, 3.8) is 0 Å². The lowest BCUT2D eigenvalue weighted by Crippen LogP contribution is -2.34. The number of aromatic nitrogens is 5. The van der Waals surface area contributed by atoms with Gasteiger partial charge in [0.2, 0.25) is 0 Å². The van der Waals surface area contributed by atoms with E-state index in [4.69, 9.17) is 0 Å². The van der Waals surface area contributed by atoms with Crippen LogP contribution in [0, 0.1) is 0 Å². The van der Waals surface area contributed by atoms with Crippen LogP contribution in [0.5, 0.6) is 0 Å². The standard InChI is InChI=1S/C11H17N7/c1-2-17-7-3-4-9(17)8-12-10-5-6-11-13-15-16-18(11)14-10/h5-6,9H,2-4,7-8H2,1H3,(H,12,14)/t9-/m0/s1. The quantitative estimate of drug-likeness (QED) is 0.844. The second-order valence-electron chi connectivity index (χ2n) is 4.55. The summed E-state index contributed by atoms with van der Waals surface area (Å²) in [4.78, 5) is 2.50. The Bertz CT molecular complexity index is 523. The third-order valence-electron chi connectivity index (χ3n) is 3.49. The Hall–Kier alpha value is -1.76. The molecule has 1 saturated heterocycles. The molecule has 3 rings (SSSR count). The van der Waals surface area contributed by atoms with Gasteiger partial charge in [0.15, 0.2) is 5.65 Å². The molecule has 1 aliphatic heterocycles. The van der Waals surface area contributed by atoms with Crippen molar-refractivity contribution < 1.29 is 0 Å². The number of hydrogen-bond acceptors (Lipinski definition) is 6. The van der Waals surface area contributed by atoms with Crippen LogP contribution in [0.1, 0.15) is 19.8 Å². The molecular weight excluding hydrogens is 230 g/mol. The molecule has 1 atom stereocenters. The number of anilines is 1. The van der Waals surface area contributed by atoms with E-state index in [-0.39, 0.29) is 0 Å². The van der Waals surface area contributed by atoms with Gasteiger partial charge in [0.05, 0.1) is 0 Å². The summed E-state index contributed by atoms with van der Waals surface area (Å²) in [5.41, 5.74) is 0.664. The van der Waals surface area contributed by atoms with Gasteiger partial charge in [0, 0.05) is 12.6 Å². The normalized spacial score (nSPS) is 20.6. The summed E-state index contributed by atoms with van der Waals surface area (Å²) in [7, 11) is 0. The summed E-state index contributed by atoms with van der Waals surface area (Å²) in [5.74, 6) is 0.817. The van der Waals surface area contributed by atoms with Gasteiger partial charge in [-0.1, -0.05) is 6.92 Å². The topological polar surface area (TPSA) is 71.2 Å². The molecule has 0 bridgehead atoms. The third kappa shape index (κ3) is 2.13. The molecule has 0 unspecified atom stereocenters. The van der Waals surface area contributed by atoms with Gasteiger partial charge in [-0.25, -0.2) is 0 Å². The lowest BCUT2D eigenvalue weighted by atomic mass is 10.2. The van der Waals surface area contributed by atoms with Crippen molar-refractivity contribution in [3.05, 3.63) is 12.1 Å². The fourth-order valence-electron chi connectivity index (χ4n) is 2.51. The fourth-order valence-corrected chi connectivity index (χ4v) is 2.51. The van der Waals surface area contributed by atoms with Gasteiger partial charge in [0.25, 0.3) is 0 Å². The number of likely N-dealkylation sites (N-methyl/N-ethyl adjacent to an activating group) is 1. The first-order chi connectivity index (χ1) is 8.86. The van der Waals surface area contributed by atoms with Crippen LogP contribution in [0.2, 0.25) is 0 Å². The first-order valence-corrected chi connectivity index (χ1v) is 6.40. The molecule has 7 heteroatoms. The lowest BCUT2D eigenvalue weighted by Gasteiger charge is -2.22. The Morgan fingerprint density at radius 3 is 3.28 bits per heavy atom. The molecule has 0 aromatic carbocycles. The molecule has 1 N–H and O–H groups in total. The molecule has 0 aliphatic carbocycles. The van der Waals surface area contributed by atoms with E-state index >= 15 is 0 Å². The van der Waals surface area contributed by atoms with Crippen molar-refractivity contribution in [2.45, 2.75) is 25.8 Å². The molecule has 0 radical (unpaired) electrons. The highest BCUT2D eigenvalue weighted by atomic mass is 15.6. The van der Waals surface area contributed by atoms with E-state index < -0.39 is 0 Å². The number of nitrogens with one attached hydrogen (secondary N) is 1. The predicted octanol–water partition coefficient (Wildman–Crippen LogP) is 0.415. The fraction of sp³-hybridized carbons (Fsp3) is 0.636. The van der Waals surface area contributed by atoms with Crippen molar-refractivity contribution >= 4 is 11.5 Å². The highest BCUT2D eigenvalue weighted by Crippen LogP contribution is 2.16.